The lowest BCUT2D eigenvalue weighted by molar-refractivity contribution is -0.129. The number of carbonyl (C=O) groups is 2. The van der Waals surface area contributed by atoms with E-state index < -0.39 is 5.97 Å². The van der Waals surface area contributed by atoms with Crippen LogP contribution in [0.4, 0.5) is 0 Å². The van der Waals surface area contributed by atoms with Gasteiger partial charge < -0.3 is 15.3 Å². The third kappa shape index (κ3) is 6.07. The van der Waals surface area contributed by atoms with E-state index in [0.717, 1.165) is 12.1 Å². The molecule has 1 heterocycles. The highest BCUT2D eigenvalue weighted by Gasteiger charge is 2.36. The van der Waals surface area contributed by atoms with Crippen molar-refractivity contribution in [2.24, 2.45) is 5.92 Å². The SMILES string of the molecule is C[C@@H](NC[C@@H]1CN(C(=O)Cc2ccc(C(=O)O)cc2)C[C@@H]1c1ccccc1)c1cccc2ccccc12.Cl. The summed E-state index contributed by atoms with van der Waals surface area (Å²) >= 11 is 0. The summed E-state index contributed by atoms with van der Waals surface area (Å²) in [4.78, 5) is 26.4. The van der Waals surface area contributed by atoms with E-state index in [1.165, 1.54) is 21.9 Å². The Morgan fingerprint density at radius 2 is 1.58 bits per heavy atom. The first kappa shape index (κ1) is 27.4. The lowest BCUT2D eigenvalue weighted by Crippen LogP contribution is -2.32. The van der Waals surface area contributed by atoms with Crippen LogP contribution in [0.5, 0.6) is 0 Å². The zero-order valence-electron chi connectivity index (χ0n) is 21.4. The number of benzene rings is 4. The molecule has 1 amide bonds. The molecule has 196 valence electrons. The van der Waals surface area contributed by atoms with Crippen molar-refractivity contribution < 1.29 is 14.7 Å². The van der Waals surface area contributed by atoms with E-state index in [0.29, 0.717) is 13.1 Å². The summed E-state index contributed by atoms with van der Waals surface area (Å²) in [6.07, 6.45) is 0.272. The fourth-order valence-electron chi connectivity index (χ4n) is 5.48. The molecule has 4 aromatic rings. The van der Waals surface area contributed by atoms with Crippen molar-refractivity contribution in [3.63, 3.8) is 0 Å². The molecule has 1 aliphatic heterocycles. The van der Waals surface area contributed by atoms with E-state index in [1.54, 1.807) is 24.3 Å². The van der Waals surface area contributed by atoms with Gasteiger partial charge in [-0.05, 0) is 52.4 Å². The predicted molar refractivity (Wildman–Crippen MR) is 154 cm³/mol. The molecule has 1 fully saturated rings. The second kappa shape index (κ2) is 12.2. The van der Waals surface area contributed by atoms with E-state index >= 15 is 0 Å². The average Bonchev–Trinajstić information content (AvgIpc) is 3.37. The van der Waals surface area contributed by atoms with Crippen LogP contribution in [0.15, 0.2) is 97.1 Å². The summed E-state index contributed by atoms with van der Waals surface area (Å²) in [7, 11) is 0. The number of aromatic carboxylic acids is 1. The first-order valence-electron chi connectivity index (χ1n) is 12.9. The maximum absolute atomic E-state index is 13.3. The Morgan fingerprint density at radius 3 is 2.32 bits per heavy atom. The summed E-state index contributed by atoms with van der Waals surface area (Å²) in [6.45, 7) is 4.39. The monoisotopic (exact) mass is 528 g/mol. The summed E-state index contributed by atoms with van der Waals surface area (Å²) in [6, 6.07) is 32.1. The van der Waals surface area contributed by atoms with Crippen LogP contribution in [0.3, 0.4) is 0 Å². The second-order valence-electron chi connectivity index (χ2n) is 9.95. The molecule has 5 nitrogen and oxygen atoms in total. The smallest absolute Gasteiger partial charge is 0.335 e. The van der Waals surface area contributed by atoms with Crippen molar-refractivity contribution >= 4 is 35.1 Å². The molecule has 4 aromatic carbocycles. The molecule has 6 heteroatoms. The van der Waals surface area contributed by atoms with Crippen LogP contribution in [0.2, 0.25) is 0 Å². The van der Waals surface area contributed by atoms with Crippen LogP contribution < -0.4 is 5.32 Å². The minimum Gasteiger partial charge on any atom is -0.478 e. The van der Waals surface area contributed by atoms with Crippen molar-refractivity contribution in [1.82, 2.24) is 10.2 Å². The third-order valence-corrected chi connectivity index (χ3v) is 7.55. The Labute approximate surface area is 229 Å². The highest BCUT2D eigenvalue weighted by Crippen LogP contribution is 2.33. The summed E-state index contributed by atoms with van der Waals surface area (Å²) < 4.78 is 0. The van der Waals surface area contributed by atoms with Gasteiger partial charge in [0.25, 0.3) is 0 Å². The van der Waals surface area contributed by atoms with Crippen molar-refractivity contribution in [3.8, 4) is 0 Å². The van der Waals surface area contributed by atoms with Gasteiger partial charge in [0.05, 0.1) is 12.0 Å². The number of amides is 1. The highest BCUT2D eigenvalue weighted by atomic mass is 35.5. The minimum absolute atomic E-state index is 0. The van der Waals surface area contributed by atoms with E-state index in [1.807, 2.05) is 11.0 Å². The van der Waals surface area contributed by atoms with Gasteiger partial charge in [-0.3, -0.25) is 4.79 Å². The summed E-state index contributed by atoms with van der Waals surface area (Å²) in [5.41, 5.74) is 3.60. The third-order valence-electron chi connectivity index (χ3n) is 7.55. The molecule has 38 heavy (non-hydrogen) atoms. The van der Waals surface area contributed by atoms with Gasteiger partial charge >= 0.3 is 5.97 Å². The van der Waals surface area contributed by atoms with Crippen molar-refractivity contribution in [2.45, 2.75) is 25.3 Å². The molecule has 2 N–H and O–H groups in total. The fraction of sp³-hybridized carbons (Fsp3) is 0.250. The number of rotatable bonds is 8. The van der Waals surface area contributed by atoms with Crippen molar-refractivity contribution in [2.75, 3.05) is 19.6 Å². The Kier molecular flexibility index (Phi) is 8.82. The number of likely N-dealkylation sites (tertiary alicyclic amines) is 1. The highest BCUT2D eigenvalue weighted by molar-refractivity contribution is 5.88. The normalized spacial score (nSPS) is 17.7. The van der Waals surface area contributed by atoms with Crippen LogP contribution in [0.25, 0.3) is 10.8 Å². The van der Waals surface area contributed by atoms with E-state index in [-0.39, 0.29) is 48.2 Å². The molecular weight excluding hydrogens is 496 g/mol. The molecule has 0 spiro atoms. The molecular formula is C32H33ClN2O3. The quantitative estimate of drug-likeness (QED) is 0.290. The maximum Gasteiger partial charge on any atom is 0.335 e. The largest absolute Gasteiger partial charge is 0.478 e. The zero-order valence-corrected chi connectivity index (χ0v) is 22.2. The van der Waals surface area contributed by atoms with Gasteiger partial charge in [0.15, 0.2) is 0 Å². The van der Waals surface area contributed by atoms with Gasteiger partial charge in [0, 0.05) is 31.6 Å². The number of nitrogens with zero attached hydrogens (tertiary/aromatic N) is 1. The van der Waals surface area contributed by atoms with Crippen molar-refractivity contribution in [1.29, 1.82) is 0 Å². The molecule has 1 aliphatic rings. The number of hydrogen-bond donors (Lipinski definition) is 2. The molecule has 0 aromatic heterocycles. The zero-order chi connectivity index (χ0) is 25.8. The van der Waals surface area contributed by atoms with Gasteiger partial charge in [-0.1, -0.05) is 84.9 Å². The lowest BCUT2D eigenvalue weighted by atomic mass is 9.88. The average molecular weight is 529 g/mol. The van der Waals surface area contributed by atoms with Crippen LogP contribution in [0, 0.1) is 5.92 Å². The molecule has 0 unspecified atom stereocenters. The van der Waals surface area contributed by atoms with Gasteiger partial charge in [-0.25, -0.2) is 4.79 Å². The van der Waals surface area contributed by atoms with E-state index in [9.17, 15) is 9.59 Å². The maximum atomic E-state index is 13.3. The van der Waals surface area contributed by atoms with Crippen LogP contribution >= 0.6 is 12.4 Å². The second-order valence-corrected chi connectivity index (χ2v) is 9.95. The number of hydrogen-bond acceptors (Lipinski definition) is 3. The van der Waals surface area contributed by atoms with Gasteiger partial charge in [0.1, 0.15) is 0 Å². The Bertz CT molecular complexity index is 1390. The Morgan fingerprint density at radius 1 is 0.895 bits per heavy atom. The van der Waals surface area contributed by atoms with Crippen LogP contribution in [-0.4, -0.2) is 41.5 Å². The molecule has 3 atom stereocenters. The summed E-state index contributed by atoms with van der Waals surface area (Å²) in [5.74, 6) is -0.338. The first-order valence-corrected chi connectivity index (χ1v) is 12.9. The number of fused-ring (bicyclic) bond motifs is 1. The van der Waals surface area contributed by atoms with Gasteiger partial charge in [-0.2, -0.15) is 0 Å². The first-order chi connectivity index (χ1) is 18.0. The number of carboxylic acids is 1. The number of carboxylic acid groups (broad SMARTS) is 1. The minimum atomic E-state index is -0.962. The topological polar surface area (TPSA) is 69.6 Å². The number of halogens is 1. The van der Waals surface area contributed by atoms with Crippen LogP contribution in [0.1, 0.15) is 45.9 Å². The number of nitrogens with one attached hydrogen (secondary N) is 1. The fourth-order valence-corrected chi connectivity index (χ4v) is 5.48. The molecule has 0 bridgehead atoms. The Balaban J connectivity index is 0.00000336. The molecule has 0 saturated carbocycles. The number of carbonyl (C=O) groups excluding carboxylic acids is 1. The Hall–Kier alpha value is -3.67. The molecule has 5 rings (SSSR count). The standard InChI is InChI=1S/C32H32N2O3.ClH/c1-22(28-13-7-11-24-10-5-6-12-29(24)28)33-19-27-20-34(21-30(27)25-8-3-2-4-9-25)31(35)18-23-14-16-26(17-15-23)32(36)37;/h2-17,22,27,30,33H,18-21H2,1H3,(H,36,37);1H/t22-,27-,30-;/m1./s1. The van der Waals surface area contributed by atoms with E-state index in [4.69, 9.17) is 5.11 Å². The predicted octanol–water partition coefficient (Wildman–Crippen LogP) is 6.10. The van der Waals surface area contributed by atoms with Crippen LogP contribution in [-0.2, 0) is 11.2 Å². The molecule has 0 aliphatic carbocycles. The lowest BCUT2D eigenvalue weighted by Gasteiger charge is -2.23. The van der Waals surface area contributed by atoms with Crippen molar-refractivity contribution in [3.05, 3.63) is 119 Å². The van der Waals surface area contributed by atoms with Gasteiger partial charge in [0.2, 0.25) is 5.91 Å². The van der Waals surface area contributed by atoms with Gasteiger partial charge in [-0.15, -0.1) is 12.4 Å². The summed E-state index contributed by atoms with van der Waals surface area (Å²) in [5, 5.41) is 15.4. The molecule has 1 saturated heterocycles. The van der Waals surface area contributed by atoms with E-state index in [2.05, 4.69) is 79.0 Å². The molecule has 0 radical (unpaired) electrons.